The third-order valence-corrected chi connectivity index (χ3v) is 3.69. The molecule has 0 radical (unpaired) electrons. The molecule has 0 saturated heterocycles. The smallest absolute Gasteiger partial charge is 0.0951 e. The number of nitrogens with two attached hydrogens (primary N) is 1. The van der Waals surface area contributed by atoms with E-state index < -0.39 is 5.60 Å². The van der Waals surface area contributed by atoms with Crippen LogP contribution in [0, 0.1) is 0 Å². The highest BCUT2D eigenvalue weighted by Gasteiger charge is 2.33. The van der Waals surface area contributed by atoms with E-state index in [1.54, 1.807) is 6.20 Å². The number of hydrogen-bond acceptors (Lipinski definition) is 4. The van der Waals surface area contributed by atoms with Crippen LogP contribution in [0.15, 0.2) is 30.5 Å². The van der Waals surface area contributed by atoms with Gasteiger partial charge in [0.15, 0.2) is 0 Å². The van der Waals surface area contributed by atoms with Crippen molar-refractivity contribution >= 4 is 22.3 Å². The van der Waals surface area contributed by atoms with Gasteiger partial charge < -0.3 is 16.2 Å². The van der Waals surface area contributed by atoms with Gasteiger partial charge in [-0.1, -0.05) is 0 Å². The van der Waals surface area contributed by atoms with Crippen LogP contribution in [0.1, 0.15) is 19.3 Å². The minimum absolute atomic E-state index is 0.532. The fraction of sp³-hybridized carbons (Fsp3) is 0.357. The number of nitrogens with zero attached hydrogens (tertiary/aromatic N) is 1. The van der Waals surface area contributed by atoms with Crippen LogP contribution in [0.25, 0.3) is 10.9 Å². The van der Waals surface area contributed by atoms with Crippen LogP contribution in [0.5, 0.6) is 0 Å². The molecule has 2 aromatic rings. The molecular formula is C14H17N3O. The molecular weight excluding hydrogens is 226 g/mol. The van der Waals surface area contributed by atoms with Gasteiger partial charge in [-0.2, -0.15) is 0 Å². The van der Waals surface area contributed by atoms with Gasteiger partial charge in [0.05, 0.1) is 16.8 Å². The van der Waals surface area contributed by atoms with E-state index in [4.69, 9.17) is 5.73 Å². The normalized spacial score (nSPS) is 17.4. The maximum atomic E-state index is 10.1. The lowest BCUT2D eigenvalue weighted by atomic mass is 9.80. The molecule has 0 spiro atoms. The lowest BCUT2D eigenvalue weighted by Crippen LogP contribution is -2.43. The summed E-state index contributed by atoms with van der Waals surface area (Å²) in [6, 6.07) is 7.68. The summed E-state index contributed by atoms with van der Waals surface area (Å²) in [5.74, 6) is 0. The Morgan fingerprint density at radius 2 is 2.17 bits per heavy atom. The maximum Gasteiger partial charge on any atom is 0.0951 e. The summed E-state index contributed by atoms with van der Waals surface area (Å²) in [6.07, 6.45) is 4.61. The van der Waals surface area contributed by atoms with Crippen LogP contribution >= 0.6 is 0 Å². The summed E-state index contributed by atoms with van der Waals surface area (Å²) in [5.41, 5.74) is 7.84. The molecule has 1 aromatic heterocycles. The second kappa shape index (κ2) is 4.14. The summed E-state index contributed by atoms with van der Waals surface area (Å²) < 4.78 is 0. The topological polar surface area (TPSA) is 71.2 Å². The monoisotopic (exact) mass is 243 g/mol. The SMILES string of the molecule is Nc1ccc(NCC2(O)CCC2)c2cccnc12. The van der Waals surface area contributed by atoms with Crippen molar-refractivity contribution < 1.29 is 5.11 Å². The van der Waals surface area contributed by atoms with Crippen molar-refractivity contribution in [3.05, 3.63) is 30.5 Å². The third-order valence-electron chi connectivity index (χ3n) is 3.69. The molecule has 0 amide bonds. The van der Waals surface area contributed by atoms with Crippen molar-refractivity contribution in [1.82, 2.24) is 4.98 Å². The highest BCUT2D eigenvalue weighted by molar-refractivity contribution is 5.98. The van der Waals surface area contributed by atoms with E-state index in [0.29, 0.717) is 12.2 Å². The number of nitrogen functional groups attached to an aromatic ring is 1. The van der Waals surface area contributed by atoms with E-state index >= 15 is 0 Å². The molecule has 0 atom stereocenters. The van der Waals surface area contributed by atoms with Gasteiger partial charge in [0.1, 0.15) is 0 Å². The summed E-state index contributed by atoms with van der Waals surface area (Å²) in [6.45, 7) is 0.584. The van der Waals surface area contributed by atoms with E-state index in [2.05, 4.69) is 10.3 Å². The molecule has 94 valence electrons. The Labute approximate surface area is 106 Å². The van der Waals surface area contributed by atoms with E-state index in [1.165, 1.54) is 0 Å². The molecule has 0 bridgehead atoms. The standard InChI is InChI=1S/C14H17N3O/c15-11-4-5-12(10-3-1-8-16-13(10)11)17-9-14(18)6-2-7-14/h1,3-5,8,17-18H,2,6-7,9,15H2. The first-order valence-corrected chi connectivity index (χ1v) is 6.27. The maximum absolute atomic E-state index is 10.1. The van der Waals surface area contributed by atoms with Gasteiger partial charge in [0, 0.05) is 23.8 Å². The van der Waals surface area contributed by atoms with Crippen molar-refractivity contribution in [2.75, 3.05) is 17.6 Å². The van der Waals surface area contributed by atoms with Crippen molar-refractivity contribution in [1.29, 1.82) is 0 Å². The Balaban J connectivity index is 1.90. The Morgan fingerprint density at radius 3 is 2.89 bits per heavy atom. The Morgan fingerprint density at radius 1 is 1.33 bits per heavy atom. The summed E-state index contributed by atoms with van der Waals surface area (Å²) in [7, 11) is 0. The molecule has 1 aliphatic carbocycles. The molecule has 1 heterocycles. The van der Waals surface area contributed by atoms with Crippen molar-refractivity contribution in [3.8, 4) is 0 Å². The number of fused-ring (bicyclic) bond motifs is 1. The quantitative estimate of drug-likeness (QED) is 0.722. The highest BCUT2D eigenvalue weighted by Crippen LogP contribution is 2.33. The average molecular weight is 243 g/mol. The first-order chi connectivity index (χ1) is 8.68. The minimum atomic E-state index is -0.532. The molecule has 3 rings (SSSR count). The molecule has 1 saturated carbocycles. The second-order valence-electron chi connectivity index (χ2n) is 5.03. The molecule has 4 heteroatoms. The Bertz CT molecular complexity index is 578. The van der Waals surface area contributed by atoms with Crippen LogP contribution < -0.4 is 11.1 Å². The molecule has 1 aromatic carbocycles. The van der Waals surface area contributed by atoms with Gasteiger partial charge >= 0.3 is 0 Å². The average Bonchev–Trinajstić information content (AvgIpc) is 2.36. The minimum Gasteiger partial charge on any atom is -0.397 e. The third kappa shape index (κ3) is 1.88. The van der Waals surface area contributed by atoms with Gasteiger partial charge in [-0.15, -0.1) is 0 Å². The van der Waals surface area contributed by atoms with Crippen molar-refractivity contribution in [2.24, 2.45) is 0 Å². The van der Waals surface area contributed by atoms with Gasteiger partial charge in [-0.25, -0.2) is 0 Å². The Kier molecular flexibility index (Phi) is 2.59. The number of hydrogen-bond donors (Lipinski definition) is 3. The van der Waals surface area contributed by atoms with E-state index in [-0.39, 0.29) is 0 Å². The van der Waals surface area contributed by atoms with Gasteiger partial charge in [0.25, 0.3) is 0 Å². The predicted molar refractivity (Wildman–Crippen MR) is 73.4 cm³/mol. The zero-order chi connectivity index (χ0) is 12.6. The van der Waals surface area contributed by atoms with E-state index in [9.17, 15) is 5.11 Å². The van der Waals surface area contributed by atoms with Crippen molar-refractivity contribution in [3.63, 3.8) is 0 Å². The number of anilines is 2. The Hall–Kier alpha value is -1.81. The number of nitrogens with one attached hydrogen (secondary N) is 1. The number of pyridine rings is 1. The summed E-state index contributed by atoms with van der Waals surface area (Å²) in [4.78, 5) is 4.29. The zero-order valence-electron chi connectivity index (χ0n) is 10.2. The van der Waals surface area contributed by atoms with Gasteiger partial charge in [-0.3, -0.25) is 4.98 Å². The molecule has 0 aliphatic heterocycles. The lowest BCUT2D eigenvalue weighted by Gasteiger charge is -2.37. The summed E-state index contributed by atoms with van der Waals surface area (Å²) >= 11 is 0. The molecule has 18 heavy (non-hydrogen) atoms. The van der Waals surface area contributed by atoms with Gasteiger partial charge in [0.2, 0.25) is 0 Å². The van der Waals surface area contributed by atoms with Crippen LogP contribution in [0.3, 0.4) is 0 Å². The molecule has 0 unspecified atom stereocenters. The first-order valence-electron chi connectivity index (χ1n) is 6.27. The van der Waals surface area contributed by atoms with Crippen molar-refractivity contribution in [2.45, 2.75) is 24.9 Å². The molecule has 4 N–H and O–H groups in total. The highest BCUT2D eigenvalue weighted by atomic mass is 16.3. The fourth-order valence-corrected chi connectivity index (χ4v) is 2.37. The molecule has 1 fully saturated rings. The predicted octanol–water partition coefficient (Wildman–Crippen LogP) is 2.14. The summed E-state index contributed by atoms with van der Waals surface area (Å²) in [5, 5.41) is 14.4. The second-order valence-corrected chi connectivity index (χ2v) is 5.03. The van der Waals surface area contributed by atoms with E-state index in [0.717, 1.165) is 35.9 Å². The lowest BCUT2D eigenvalue weighted by molar-refractivity contribution is -0.0201. The van der Waals surface area contributed by atoms with Crippen LogP contribution in [0.2, 0.25) is 0 Å². The zero-order valence-corrected chi connectivity index (χ0v) is 10.2. The van der Waals surface area contributed by atoms with Crippen LogP contribution in [0.4, 0.5) is 11.4 Å². The largest absolute Gasteiger partial charge is 0.397 e. The number of rotatable bonds is 3. The van der Waals surface area contributed by atoms with Crippen LogP contribution in [-0.2, 0) is 0 Å². The number of aliphatic hydroxyl groups is 1. The molecule has 4 nitrogen and oxygen atoms in total. The number of benzene rings is 1. The number of aromatic nitrogens is 1. The fourth-order valence-electron chi connectivity index (χ4n) is 2.37. The first kappa shape index (κ1) is 11.3. The van der Waals surface area contributed by atoms with Crippen LogP contribution in [-0.4, -0.2) is 22.2 Å². The molecule has 1 aliphatic rings. The van der Waals surface area contributed by atoms with Gasteiger partial charge in [-0.05, 0) is 43.5 Å². The van der Waals surface area contributed by atoms with E-state index in [1.807, 2.05) is 24.3 Å².